The molecule has 18 heavy (non-hydrogen) atoms. The molecule has 0 radical (unpaired) electrons. The average Bonchev–Trinajstić information content (AvgIpc) is 2.41. The van der Waals surface area contributed by atoms with Crippen molar-refractivity contribution >= 4 is 11.9 Å². The molecule has 0 rings (SSSR count). The first-order valence-electron chi connectivity index (χ1n) is 5.34. The summed E-state index contributed by atoms with van der Waals surface area (Å²) in [5.41, 5.74) is 0. The molecule has 0 aliphatic rings. The highest BCUT2D eigenvalue weighted by molar-refractivity contribution is 5.74. The van der Waals surface area contributed by atoms with Gasteiger partial charge in [0, 0.05) is 14.2 Å². The molecular weight excluding hydrogens is 244 g/mol. The molecule has 2 unspecified atom stereocenters. The van der Waals surface area contributed by atoms with E-state index in [0.29, 0.717) is 6.42 Å². The van der Waals surface area contributed by atoms with E-state index < -0.39 is 18.2 Å². The summed E-state index contributed by atoms with van der Waals surface area (Å²) in [5.74, 6) is -0.861. The molecule has 0 aromatic heterocycles. The number of carbonyl (C=O) groups is 2. The normalized spacial score (nSPS) is 12.8. The summed E-state index contributed by atoms with van der Waals surface area (Å²) in [5, 5.41) is 8.40. The Hall–Kier alpha value is -1.18. The van der Waals surface area contributed by atoms with Crippen LogP contribution in [0.15, 0.2) is 0 Å². The lowest BCUT2D eigenvalue weighted by Crippen LogP contribution is -2.27. The Kier molecular flexibility index (Phi) is 13.1. The van der Waals surface area contributed by atoms with Gasteiger partial charge in [0.25, 0.3) is 0 Å². The van der Waals surface area contributed by atoms with E-state index in [9.17, 15) is 9.59 Å². The van der Waals surface area contributed by atoms with Crippen LogP contribution in [-0.4, -0.2) is 64.3 Å². The van der Waals surface area contributed by atoms with Crippen molar-refractivity contribution in [3.8, 4) is 0 Å². The number of carbonyl (C=O) groups excluding carboxylic acids is 2. The first-order valence-corrected chi connectivity index (χ1v) is 5.34. The molecule has 7 heteroatoms. The van der Waals surface area contributed by atoms with Gasteiger partial charge in [0.05, 0.1) is 20.8 Å². The summed E-state index contributed by atoms with van der Waals surface area (Å²) in [4.78, 5) is 21.1. The zero-order valence-corrected chi connectivity index (χ0v) is 11.5. The average molecular weight is 266 g/mol. The van der Waals surface area contributed by atoms with E-state index in [1.165, 1.54) is 28.4 Å². The number of hydrogen-bond acceptors (Lipinski definition) is 7. The van der Waals surface area contributed by atoms with Crippen LogP contribution in [0.25, 0.3) is 0 Å². The third-order valence-electron chi connectivity index (χ3n) is 2.03. The van der Waals surface area contributed by atoms with E-state index in [2.05, 4.69) is 14.2 Å². The predicted molar refractivity (Wildman–Crippen MR) is 63.0 cm³/mol. The fraction of sp³-hybridized carbons (Fsp3) is 0.818. The van der Waals surface area contributed by atoms with Gasteiger partial charge in [-0.2, -0.15) is 0 Å². The minimum absolute atomic E-state index is 0.306. The minimum atomic E-state index is -0.838. The summed E-state index contributed by atoms with van der Waals surface area (Å²) in [6, 6.07) is 0. The second-order valence-electron chi connectivity index (χ2n) is 3.09. The third-order valence-corrected chi connectivity index (χ3v) is 2.03. The monoisotopic (exact) mass is 266 g/mol. The first kappa shape index (κ1) is 19.2. The molecule has 7 nitrogen and oxygen atoms in total. The number of methoxy groups -OCH3 is 4. The van der Waals surface area contributed by atoms with Crippen molar-refractivity contribution in [2.45, 2.75) is 25.6 Å². The second kappa shape index (κ2) is 12.3. The lowest BCUT2D eigenvalue weighted by molar-refractivity contribution is -0.154. The van der Waals surface area contributed by atoms with E-state index in [0.717, 1.165) is 0 Å². The predicted octanol–water partition coefficient (Wildman–Crippen LogP) is -0.249. The standard InChI is InChI=1S/C6H12O3.C5H10O4/c1-4-5(8-2)6(7)9-3;1-8-4(3-6)5(7)9-2/h5H,4H2,1-3H3;4,6H,3H2,1-2H3. The van der Waals surface area contributed by atoms with Crippen LogP contribution in [0, 0.1) is 0 Å². The molecule has 2 atom stereocenters. The molecule has 0 saturated carbocycles. The maximum Gasteiger partial charge on any atom is 0.337 e. The summed E-state index contributed by atoms with van der Waals surface area (Å²) < 4.78 is 18.0. The van der Waals surface area contributed by atoms with Gasteiger partial charge in [-0.05, 0) is 6.42 Å². The maximum absolute atomic E-state index is 10.6. The van der Waals surface area contributed by atoms with Crippen LogP contribution in [-0.2, 0) is 28.5 Å². The highest BCUT2D eigenvalue weighted by Gasteiger charge is 2.15. The van der Waals surface area contributed by atoms with Gasteiger partial charge in [-0.1, -0.05) is 6.92 Å². The number of rotatable bonds is 6. The quantitative estimate of drug-likeness (QED) is 0.663. The van der Waals surface area contributed by atoms with Gasteiger partial charge in [0.1, 0.15) is 0 Å². The molecule has 0 fully saturated rings. The van der Waals surface area contributed by atoms with E-state index in [-0.39, 0.29) is 12.6 Å². The number of ether oxygens (including phenoxy) is 4. The lowest BCUT2D eigenvalue weighted by atomic mass is 10.3. The summed E-state index contributed by atoms with van der Waals surface area (Å²) in [6.07, 6.45) is -0.576. The maximum atomic E-state index is 10.6. The highest BCUT2D eigenvalue weighted by atomic mass is 16.6. The summed E-state index contributed by atoms with van der Waals surface area (Å²) in [6.45, 7) is 1.52. The van der Waals surface area contributed by atoms with E-state index in [1.54, 1.807) is 0 Å². The zero-order chi connectivity index (χ0) is 14.6. The lowest BCUT2D eigenvalue weighted by Gasteiger charge is -2.08. The minimum Gasteiger partial charge on any atom is -0.467 e. The van der Waals surface area contributed by atoms with Crippen molar-refractivity contribution in [2.24, 2.45) is 0 Å². The topological polar surface area (TPSA) is 91.3 Å². The summed E-state index contributed by atoms with van der Waals surface area (Å²) >= 11 is 0. The van der Waals surface area contributed by atoms with Gasteiger partial charge >= 0.3 is 11.9 Å². The Morgan fingerprint density at radius 1 is 0.944 bits per heavy atom. The van der Waals surface area contributed by atoms with Crippen LogP contribution >= 0.6 is 0 Å². The summed E-state index contributed by atoms with van der Waals surface area (Å²) in [7, 11) is 5.41. The van der Waals surface area contributed by atoms with Crippen LogP contribution < -0.4 is 0 Å². The van der Waals surface area contributed by atoms with Gasteiger partial charge in [-0.3, -0.25) is 0 Å². The third kappa shape index (κ3) is 7.99. The molecule has 108 valence electrons. The van der Waals surface area contributed by atoms with Crippen molar-refractivity contribution < 1.29 is 33.6 Å². The number of aliphatic hydroxyl groups excluding tert-OH is 1. The first-order chi connectivity index (χ1) is 8.51. The van der Waals surface area contributed by atoms with Crippen LogP contribution in [0.1, 0.15) is 13.3 Å². The number of esters is 2. The fourth-order valence-electron chi connectivity index (χ4n) is 0.938. The van der Waals surface area contributed by atoms with Gasteiger partial charge < -0.3 is 24.1 Å². The van der Waals surface area contributed by atoms with Crippen LogP contribution in [0.2, 0.25) is 0 Å². The Labute approximate surface area is 107 Å². The van der Waals surface area contributed by atoms with Crippen molar-refractivity contribution in [2.75, 3.05) is 35.0 Å². The molecule has 1 N–H and O–H groups in total. The smallest absolute Gasteiger partial charge is 0.337 e. The molecule has 0 aliphatic carbocycles. The van der Waals surface area contributed by atoms with Crippen LogP contribution in [0.4, 0.5) is 0 Å². The molecule has 0 saturated heterocycles. The number of aliphatic hydroxyl groups is 1. The molecule has 0 spiro atoms. The van der Waals surface area contributed by atoms with Gasteiger partial charge in [0.15, 0.2) is 12.2 Å². The van der Waals surface area contributed by atoms with Crippen LogP contribution in [0.5, 0.6) is 0 Å². The largest absolute Gasteiger partial charge is 0.467 e. The highest BCUT2D eigenvalue weighted by Crippen LogP contribution is 1.96. The van der Waals surface area contributed by atoms with Crippen molar-refractivity contribution in [1.82, 2.24) is 0 Å². The molecule has 0 heterocycles. The van der Waals surface area contributed by atoms with E-state index in [1.807, 2.05) is 6.92 Å². The van der Waals surface area contributed by atoms with Crippen molar-refractivity contribution in [3.05, 3.63) is 0 Å². The fourth-order valence-corrected chi connectivity index (χ4v) is 0.938. The second-order valence-corrected chi connectivity index (χ2v) is 3.09. The molecule has 0 bridgehead atoms. The van der Waals surface area contributed by atoms with Gasteiger partial charge in [-0.25, -0.2) is 9.59 Å². The van der Waals surface area contributed by atoms with Crippen molar-refractivity contribution in [1.29, 1.82) is 0 Å². The number of hydrogen-bond donors (Lipinski definition) is 1. The van der Waals surface area contributed by atoms with Crippen molar-refractivity contribution in [3.63, 3.8) is 0 Å². The molecular formula is C11H22O7. The van der Waals surface area contributed by atoms with Crippen LogP contribution in [0.3, 0.4) is 0 Å². The van der Waals surface area contributed by atoms with Gasteiger partial charge in [-0.15, -0.1) is 0 Å². The Morgan fingerprint density at radius 3 is 1.44 bits per heavy atom. The Balaban J connectivity index is 0. The van der Waals surface area contributed by atoms with E-state index >= 15 is 0 Å². The molecule has 0 aliphatic heterocycles. The van der Waals surface area contributed by atoms with E-state index in [4.69, 9.17) is 9.84 Å². The Morgan fingerprint density at radius 2 is 1.33 bits per heavy atom. The zero-order valence-electron chi connectivity index (χ0n) is 11.5. The molecule has 0 aromatic rings. The molecule has 0 amide bonds. The molecule has 0 aromatic carbocycles. The SMILES string of the molecule is CCC(OC)C(=O)OC.COC(=O)C(CO)OC. The van der Waals surface area contributed by atoms with Gasteiger partial charge in [0.2, 0.25) is 0 Å². The Bertz CT molecular complexity index is 197.